The van der Waals surface area contributed by atoms with Gasteiger partial charge in [0.25, 0.3) is 0 Å². The number of hydrogen-bond acceptors (Lipinski definition) is 4. The van der Waals surface area contributed by atoms with Crippen molar-refractivity contribution in [3.8, 4) is 0 Å². The lowest BCUT2D eigenvalue weighted by Crippen LogP contribution is -2.16. The smallest absolute Gasteiger partial charge is 0.310 e. The second-order valence-corrected chi connectivity index (χ2v) is 5.19. The number of carbonyl (C=O) groups is 2. The van der Waals surface area contributed by atoms with Crippen LogP contribution in [0.4, 0.5) is 0 Å². The Kier molecular flexibility index (Phi) is 3.61. The molecule has 4 nitrogen and oxygen atoms in total. The normalized spacial score (nSPS) is 26.4. The van der Waals surface area contributed by atoms with Gasteiger partial charge in [-0.15, -0.1) is 0 Å². The summed E-state index contributed by atoms with van der Waals surface area (Å²) < 4.78 is 10.1. The minimum Gasteiger partial charge on any atom is -0.466 e. The molecule has 0 saturated heterocycles. The first-order chi connectivity index (χ1) is 7.26. The van der Waals surface area contributed by atoms with Crippen molar-refractivity contribution >= 4 is 11.9 Å². The van der Waals surface area contributed by atoms with Crippen LogP contribution < -0.4 is 0 Å². The Hall–Kier alpha value is -1.06. The molecule has 2 atom stereocenters. The number of carbonyl (C=O) groups excluding carboxylic acids is 2. The van der Waals surface area contributed by atoms with Gasteiger partial charge in [-0.05, 0) is 19.3 Å². The zero-order chi connectivity index (χ0) is 12.5. The van der Waals surface area contributed by atoms with Crippen LogP contribution in [0.25, 0.3) is 0 Å². The van der Waals surface area contributed by atoms with Crippen LogP contribution in [-0.4, -0.2) is 24.6 Å². The maximum Gasteiger partial charge on any atom is 0.310 e. The fraction of sp³-hybridized carbons (Fsp3) is 0.833. The molecule has 1 fully saturated rings. The number of rotatable bonds is 4. The Balaban J connectivity index is 2.50. The fourth-order valence-electron chi connectivity index (χ4n) is 2.04. The van der Waals surface area contributed by atoms with Gasteiger partial charge in [0.2, 0.25) is 0 Å². The lowest BCUT2D eigenvalue weighted by Gasteiger charge is -2.08. The third-order valence-corrected chi connectivity index (χ3v) is 3.12. The maximum atomic E-state index is 11.7. The molecule has 92 valence electrons. The summed E-state index contributed by atoms with van der Waals surface area (Å²) in [5.74, 6) is -0.548. The third-order valence-electron chi connectivity index (χ3n) is 3.12. The van der Waals surface area contributed by atoms with Crippen molar-refractivity contribution in [3.63, 3.8) is 0 Å². The molecule has 0 aromatic carbocycles. The van der Waals surface area contributed by atoms with E-state index >= 15 is 0 Å². The van der Waals surface area contributed by atoms with E-state index in [4.69, 9.17) is 9.47 Å². The van der Waals surface area contributed by atoms with Crippen LogP contribution in [0.15, 0.2) is 0 Å². The molecule has 0 N–H and O–H groups in total. The summed E-state index contributed by atoms with van der Waals surface area (Å²) in [4.78, 5) is 22.4. The van der Waals surface area contributed by atoms with E-state index in [0.29, 0.717) is 6.61 Å². The summed E-state index contributed by atoms with van der Waals surface area (Å²) in [7, 11) is 0. The van der Waals surface area contributed by atoms with E-state index in [2.05, 4.69) is 0 Å². The fourth-order valence-corrected chi connectivity index (χ4v) is 2.04. The molecule has 1 saturated carbocycles. The third kappa shape index (κ3) is 2.74. The summed E-state index contributed by atoms with van der Waals surface area (Å²) in [6, 6.07) is 0. The van der Waals surface area contributed by atoms with Crippen LogP contribution in [0, 0.1) is 17.3 Å². The lowest BCUT2D eigenvalue weighted by molar-refractivity contribution is -0.151. The molecule has 4 heteroatoms. The van der Waals surface area contributed by atoms with Crippen LogP contribution in [0.1, 0.15) is 34.6 Å². The molecule has 1 rings (SSSR count). The topological polar surface area (TPSA) is 52.6 Å². The Morgan fingerprint density at radius 1 is 1.31 bits per heavy atom. The molecular formula is C12H20O4. The van der Waals surface area contributed by atoms with Gasteiger partial charge in [-0.2, -0.15) is 0 Å². The van der Waals surface area contributed by atoms with Crippen molar-refractivity contribution < 1.29 is 19.1 Å². The van der Waals surface area contributed by atoms with Gasteiger partial charge in [0.05, 0.1) is 18.6 Å². The van der Waals surface area contributed by atoms with Gasteiger partial charge in [0.15, 0.2) is 0 Å². The largest absolute Gasteiger partial charge is 0.466 e. The van der Waals surface area contributed by atoms with E-state index in [-0.39, 0.29) is 35.3 Å². The second-order valence-electron chi connectivity index (χ2n) is 5.19. The van der Waals surface area contributed by atoms with Crippen molar-refractivity contribution in [2.45, 2.75) is 40.7 Å². The van der Waals surface area contributed by atoms with E-state index in [9.17, 15) is 9.59 Å². The molecule has 0 bridgehead atoms. The summed E-state index contributed by atoms with van der Waals surface area (Å²) >= 11 is 0. The van der Waals surface area contributed by atoms with Gasteiger partial charge in [-0.25, -0.2) is 0 Å². The molecule has 0 aromatic heterocycles. The molecular weight excluding hydrogens is 208 g/mol. The van der Waals surface area contributed by atoms with Crippen molar-refractivity contribution in [1.82, 2.24) is 0 Å². The molecule has 1 aliphatic carbocycles. The van der Waals surface area contributed by atoms with Crippen molar-refractivity contribution in [2.75, 3.05) is 6.61 Å². The Morgan fingerprint density at radius 3 is 2.31 bits per heavy atom. The minimum atomic E-state index is -0.307. The highest BCUT2D eigenvalue weighted by Gasteiger charge is 2.63. The molecule has 2 unspecified atom stereocenters. The molecule has 0 heterocycles. The maximum absolute atomic E-state index is 11.7. The predicted octanol–water partition coefficient (Wildman–Crippen LogP) is 1.77. The zero-order valence-electron chi connectivity index (χ0n) is 10.6. The molecule has 0 aliphatic heterocycles. The quantitative estimate of drug-likeness (QED) is 0.688. The van der Waals surface area contributed by atoms with E-state index < -0.39 is 0 Å². The van der Waals surface area contributed by atoms with Gasteiger partial charge in [0.1, 0.15) is 0 Å². The zero-order valence-corrected chi connectivity index (χ0v) is 10.6. The molecule has 0 spiro atoms. The number of ether oxygens (including phenoxy) is 2. The predicted molar refractivity (Wildman–Crippen MR) is 58.6 cm³/mol. The van der Waals surface area contributed by atoms with Gasteiger partial charge < -0.3 is 9.47 Å². The summed E-state index contributed by atoms with van der Waals surface area (Å²) in [5.41, 5.74) is -0.124. The highest BCUT2D eigenvalue weighted by molar-refractivity contribution is 5.78. The van der Waals surface area contributed by atoms with E-state index in [1.165, 1.54) is 6.92 Å². The average molecular weight is 228 g/mol. The van der Waals surface area contributed by atoms with E-state index in [1.807, 2.05) is 27.7 Å². The van der Waals surface area contributed by atoms with E-state index in [0.717, 1.165) is 0 Å². The Morgan fingerprint density at radius 2 is 1.88 bits per heavy atom. The summed E-state index contributed by atoms with van der Waals surface area (Å²) in [6.45, 7) is 9.32. The van der Waals surface area contributed by atoms with Crippen LogP contribution in [0.3, 0.4) is 0 Å². The number of esters is 2. The molecule has 1 aliphatic rings. The first-order valence-corrected chi connectivity index (χ1v) is 5.60. The van der Waals surface area contributed by atoms with Crippen LogP contribution in [0.5, 0.6) is 0 Å². The lowest BCUT2D eigenvalue weighted by atomic mass is 10.1. The monoisotopic (exact) mass is 228 g/mol. The van der Waals surface area contributed by atoms with Crippen LogP contribution in [0.2, 0.25) is 0 Å². The molecule has 0 aromatic rings. The second kappa shape index (κ2) is 4.44. The Bertz CT molecular complexity index is 293. The highest BCUT2D eigenvalue weighted by atomic mass is 16.5. The van der Waals surface area contributed by atoms with Gasteiger partial charge in [-0.1, -0.05) is 13.8 Å². The average Bonchev–Trinajstić information content (AvgIpc) is 2.63. The van der Waals surface area contributed by atoms with Gasteiger partial charge in [-0.3, -0.25) is 9.59 Å². The van der Waals surface area contributed by atoms with Crippen molar-refractivity contribution in [2.24, 2.45) is 17.3 Å². The minimum absolute atomic E-state index is 0.0858. The molecule has 16 heavy (non-hydrogen) atoms. The van der Waals surface area contributed by atoms with Crippen molar-refractivity contribution in [1.29, 1.82) is 0 Å². The Labute approximate surface area is 96.3 Å². The van der Waals surface area contributed by atoms with Crippen LogP contribution >= 0.6 is 0 Å². The van der Waals surface area contributed by atoms with Crippen molar-refractivity contribution in [3.05, 3.63) is 0 Å². The first kappa shape index (κ1) is 13.0. The van der Waals surface area contributed by atoms with Crippen LogP contribution in [-0.2, 0) is 19.1 Å². The first-order valence-electron chi connectivity index (χ1n) is 5.60. The van der Waals surface area contributed by atoms with E-state index in [1.54, 1.807) is 0 Å². The highest BCUT2D eigenvalue weighted by Crippen LogP contribution is 2.58. The standard InChI is InChI=1S/C12H20O4/c1-7(2)16-11(14)10-9(12(10,4)5)6-15-8(3)13/h7,9-10H,6H2,1-5H3. The molecule has 0 amide bonds. The van der Waals surface area contributed by atoms with Gasteiger partial charge in [0, 0.05) is 12.8 Å². The number of hydrogen-bond donors (Lipinski definition) is 0. The summed E-state index contributed by atoms with van der Waals surface area (Å²) in [6.07, 6.45) is -0.0988. The van der Waals surface area contributed by atoms with Gasteiger partial charge >= 0.3 is 11.9 Å². The SMILES string of the molecule is CC(=O)OCC1C(C(=O)OC(C)C)C1(C)C. The molecule has 0 radical (unpaired) electrons. The summed E-state index contributed by atoms with van der Waals surface area (Å²) in [5, 5.41) is 0.